The first-order valence-electron chi connectivity index (χ1n) is 5.10. The predicted octanol–water partition coefficient (Wildman–Crippen LogP) is 2.39. The second kappa shape index (κ2) is 9.71. The number of benzene rings is 1. The van der Waals surface area contributed by atoms with Crippen molar-refractivity contribution >= 4 is 12.2 Å². The normalized spacial score (nSPS) is 9.19. The van der Waals surface area contributed by atoms with Crippen molar-refractivity contribution in [3.63, 3.8) is 0 Å². The Balaban J connectivity index is 0.00000106. The van der Waals surface area contributed by atoms with E-state index in [9.17, 15) is 4.79 Å². The van der Waals surface area contributed by atoms with Crippen molar-refractivity contribution in [1.29, 1.82) is 0 Å². The smallest absolute Gasteiger partial charge is 0.352 e. The standard InChI is InChI=1S/C10H11NO3.C2H6/c1-13-10(12)7-11-14-8-9-5-3-2-4-6-9;1-2/h2-7H,8H2,1H3;1-2H3/b11-7+;. The number of carbonyl (C=O) groups is 1. The van der Waals surface area contributed by atoms with Crippen molar-refractivity contribution in [2.75, 3.05) is 7.11 Å². The highest BCUT2D eigenvalue weighted by Crippen LogP contribution is 1.99. The molecule has 0 aliphatic rings. The molecule has 0 aromatic heterocycles. The van der Waals surface area contributed by atoms with Gasteiger partial charge in [-0.1, -0.05) is 49.3 Å². The van der Waals surface area contributed by atoms with Crippen molar-refractivity contribution in [1.82, 2.24) is 0 Å². The molecule has 16 heavy (non-hydrogen) atoms. The molecule has 0 saturated carbocycles. The first-order valence-corrected chi connectivity index (χ1v) is 5.10. The molecule has 1 aromatic carbocycles. The summed E-state index contributed by atoms with van der Waals surface area (Å²) in [5, 5.41) is 3.44. The average molecular weight is 223 g/mol. The zero-order chi connectivity index (χ0) is 12.2. The molecule has 0 fully saturated rings. The van der Waals surface area contributed by atoms with Crippen LogP contribution in [0.2, 0.25) is 0 Å². The van der Waals surface area contributed by atoms with Gasteiger partial charge in [0.2, 0.25) is 0 Å². The molecule has 0 spiro atoms. The number of esters is 1. The van der Waals surface area contributed by atoms with Gasteiger partial charge in [-0.15, -0.1) is 0 Å². The van der Waals surface area contributed by atoms with Crippen molar-refractivity contribution in [2.24, 2.45) is 5.16 Å². The van der Waals surface area contributed by atoms with Gasteiger partial charge in [-0.25, -0.2) is 4.79 Å². The number of ether oxygens (including phenoxy) is 1. The Labute approximate surface area is 95.9 Å². The summed E-state index contributed by atoms with van der Waals surface area (Å²) in [5.74, 6) is -0.530. The fraction of sp³-hybridized carbons (Fsp3) is 0.333. The number of hydrogen-bond acceptors (Lipinski definition) is 4. The van der Waals surface area contributed by atoms with Crippen molar-refractivity contribution in [3.05, 3.63) is 35.9 Å². The lowest BCUT2D eigenvalue weighted by molar-refractivity contribution is -0.132. The minimum absolute atomic E-state index is 0.342. The van der Waals surface area contributed by atoms with E-state index in [1.807, 2.05) is 44.2 Å². The molecular formula is C12H17NO3. The Hall–Kier alpha value is -1.84. The minimum atomic E-state index is -0.530. The Bertz CT molecular complexity index is 309. The van der Waals surface area contributed by atoms with Crippen LogP contribution in [-0.2, 0) is 21.0 Å². The van der Waals surface area contributed by atoms with Crippen LogP contribution < -0.4 is 0 Å². The van der Waals surface area contributed by atoms with Crippen LogP contribution in [0.4, 0.5) is 0 Å². The Morgan fingerprint density at radius 2 is 1.94 bits per heavy atom. The molecule has 0 amide bonds. The third-order valence-electron chi connectivity index (χ3n) is 1.51. The van der Waals surface area contributed by atoms with Crippen LogP contribution >= 0.6 is 0 Å². The third kappa shape index (κ3) is 6.59. The molecule has 0 radical (unpaired) electrons. The summed E-state index contributed by atoms with van der Waals surface area (Å²) in [6.45, 7) is 4.34. The topological polar surface area (TPSA) is 47.9 Å². The monoisotopic (exact) mass is 223 g/mol. The Kier molecular flexibility index (Phi) is 8.59. The maximum absolute atomic E-state index is 10.6. The summed E-state index contributed by atoms with van der Waals surface area (Å²) in [7, 11) is 1.28. The molecule has 1 rings (SSSR count). The van der Waals surface area contributed by atoms with Crippen molar-refractivity contribution in [3.8, 4) is 0 Å². The number of carbonyl (C=O) groups excluding carboxylic acids is 1. The van der Waals surface area contributed by atoms with E-state index in [-0.39, 0.29) is 0 Å². The van der Waals surface area contributed by atoms with E-state index in [0.29, 0.717) is 6.61 Å². The van der Waals surface area contributed by atoms with E-state index in [0.717, 1.165) is 11.8 Å². The van der Waals surface area contributed by atoms with Crippen LogP contribution in [0.3, 0.4) is 0 Å². The molecule has 0 heterocycles. The number of oxime groups is 1. The summed E-state index contributed by atoms with van der Waals surface area (Å²) in [4.78, 5) is 15.4. The molecule has 0 aliphatic carbocycles. The van der Waals surface area contributed by atoms with Gasteiger partial charge in [-0.3, -0.25) is 0 Å². The summed E-state index contributed by atoms with van der Waals surface area (Å²) in [5.41, 5.74) is 0.995. The van der Waals surface area contributed by atoms with Crippen LogP contribution in [0.15, 0.2) is 35.5 Å². The molecule has 0 unspecified atom stereocenters. The van der Waals surface area contributed by atoms with Crippen LogP contribution in [0.5, 0.6) is 0 Å². The summed E-state index contributed by atoms with van der Waals surface area (Å²) < 4.78 is 4.33. The lowest BCUT2D eigenvalue weighted by Gasteiger charge is -1.97. The van der Waals surface area contributed by atoms with E-state index < -0.39 is 5.97 Å². The molecule has 1 aromatic rings. The molecule has 0 saturated heterocycles. The van der Waals surface area contributed by atoms with Gasteiger partial charge in [-0.2, -0.15) is 0 Å². The van der Waals surface area contributed by atoms with Crippen LogP contribution in [0.1, 0.15) is 19.4 Å². The van der Waals surface area contributed by atoms with Gasteiger partial charge in [0.25, 0.3) is 0 Å². The van der Waals surface area contributed by atoms with Gasteiger partial charge in [0.1, 0.15) is 6.61 Å². The molecule has 4 heteroatoms. The summed E-state index contributed by atoms with van der Waals surface area (Å²) in [6.07, 6.45) is 0.989. The Morgan fingerprint density at radius 1 is 1.31 bits per heavy atom. The van der Waals surface area contributed by atoms with E-state index >= 15 is 0 Å². The van der Waals surface area contributed by atoms with Crippen LogP contribution in [0.25, 0.3) is 0 Å². The van der Waals surface area contributed by atoms with E-state index in [1.165, 1.54) is 7.11 Å². The van der Waals surface area contributed by atoms with Crippen LogP contribution in [0, 0.1) is 0 Å². The summed E-state index contributed by atoms with van der Waals surface area (Å²) >= 11 is 0. The molecular weight excluding hydrogens is 206 g/mol. The first-order chi connectivity index (χ1) is 7.83. The first kappa shape index (κ1) is 14.2. The molecule has 0 atom stereocenters. The highest BCUT2D eigenvalue weighted by atomic mass is 16.6. The fourth-order valence-corrected chi connectivity index (χ4v) is 0.819. The number of rotatable bonds is 4. The average Bonchev–Trinajstić information content (AvgIpc) is 2.38. The van der Waals surface area contributed by atoms with E-state index in [4.69, 9.17) is 4.84 Å². The molecule has 4 nitrogen and oxygen atoms in total. The predicted molar refractivity (Wildman–Crippen MR) is 63.1 cm³/mol. The second-order valence-corrected chi connectivity index (χ2v) is 2.52. The van der Waals surface area contributed by atoms with E-state index in [2.05, 4.69) is 9.89 Å². The van der Waals surface area contributed by atoms with Gasteiger partial charge >= 0.3 is 5.97 Å². The second-order valence-electron chi connectivity index (χ2n) is 2.52. The quantitative estimate of drug-likeness (QED) is 0.447. The molecule has 0 aliphatic heterocycles. The van der Waals surface area contributed by atoms with Gasteiger partial charge in [-0.05, 0) is 5.56 Å². The zero-order valence-electron chi connectivity index (χ0n) is 9.84. The SMILES string of the molecule is CC.COC(=O)/C=N/OCc1ccccc1. The highest BCUT2D eigenvalue weighted by molar-refractivity contribution is 6.22. The van der Waals surface area contributed by atoms with Gasteiger partial charge < -0.3 is 9.57 Å². The maximum Gasteiger partial charge on any atom is 0.352 e. The lowest BCUT2D eigenvalue weighted by atomic mass is 10.2. The molecule has 88 valence electrons. The minimum Gasteiger partial charge on any atom is -0.465 e. The summed E-state index contributed by atoms with van der Waals surface area (Å²) in [6, 6.07) is 9.55. The number of hydrogen-bond donors (Lipinski definition) is 0. The van der Waals surface area contributed by atoms with Gasteiger partial charge in [0, 0.05) is 0 Å². The Morgan fingerprint density at radius 3 is 2.50 bits per heavy atom. The van der Waals surface area contributed by atoms with Gasteiger partial charge in [0.15, 0.2) is 6.21 Å². The van der Waals surface area contributed by atoms with E-state index in [1.54, 1.807) is 0 Å². The van der Waals surface area contributed by atoms with Gasteiger partial charge in [0.05, 0.1) is 7.11 Å². The number of nitrogens with zero attached hydrogens (tertiary/aromatic N) is 1. The third-order valence-corrected chi connectivity index (χ3v) is 1.51. The van der Waals surface area contributed by atoms with Crippen molar-refractivity contribution < 1.29 is 14.4 Å². The largest absolute Gasteiger partial charge is 0.465 e. The van der Waals surface area contributed by atoms with Crippen molar-refractivity contribution in [2.45, 2.75) is 20.5 Å². The molecule has 0 bridgehead atoms. The zero-order valence-corrected chi connectivity index (χ0v) is 9.84. The lowest BCUT2D eigenvalue weighted by Crippen LogP contribution is -2.01. The fourth-order valence-electron chi connectivity index (χ4n) is 0.819. The van der Waals surface area contributed by atoms with Crippen LogP contribution in [-0.4, -0.2) is 19.3 Å². The molecule has 0 N–H and O–H groups in total. The maximum atomic E-state index is 10.6. The number of methoxy groups -OCH3 is 1. The highest BCUT2D eigenvalue weighted by Gasteiger charge is 1.92.